The molecule has 0 spiro atoms. The zero-order valence-electron chi connectivity index (χ0n) is 9.98. The molecule has 1 aromatic carbocycles. The van der Waals surface area contributed by atoms with Crippen LogP contribution in [0.15, 0.2) is 12.1 Å². The number of hydrogen-bond acceptors (Lipinski definition) is 4. The first-order chi connectivity index (χ1) is 8.08. The molecule has 1 heterocycles. The molecule has 5 heteroatoms. The van der Waals surface area contributed by atoms with Gasteiger partial charge in [0.15, 0.2) is 11.5 Å². The number of amides is 1. The molecule has 1 aromatic rings. The number of nitrogens with one attached hydrogen (secondary N) is 1. The normalized spacial score (nSPS) is 19.5. The number of carbonyl (C=O) groups excluding carboxylic acids is 1. The number of hydrogen-bond donors (Lipinski definition) is 2. The van der Waals surface area contributed by atoms with Crippen LogP contribution in [-0.2, 0) is 4.79 Å². The Labute approximate surface area is 99.3 Å². The molecular formula is C12H15NO4. The molecule has 2 unspecified atom stereocenters. The van der Waals surface area contributed by atoms with Crippen LogP contribution in [0.3, 0.4) is 0 Å². The van der Waals surface area contributed by atoms with Gasteiger partial charge in [-0.25, -0.2) is 0 Å². The number of methoxy groups -OCH3 is 2. The Hall–Kier alpha value is -1.75. The predicted molar refractivity (Wildman–Crippen MR) is 62.6 cm³/mol. The highest BCUT2D eigenvalue weighted by molar-refractivity contribution is 6.03. The first-order valence-corrected chi connectivity index (χ1v) is 5.33. The molecular weight excluding hydrogens is 222 g/mol. The number of carbonyl (C=O) groups is 1. The fraction of sp³-hybridized carbons (Fsp3) is 0.417. The lowest BCUT2D eigenvalue weighted by Crippen LogP contribution is -2.22. The molecule has 1 aliphatic heterocycles. The Morgan fingerprint density at radius 2 is 1.88 bits per heavy atom. The summed E-state index contributed by atoms with van der Waals surface area (Å²) in [6, 6.07) is 3.43. The van der Waals surface area contributed by atoms with Gasteiger partial charge in [0.2, 0.25) is 5.91 Å². The van der Waals surface area contributed by atoms with Gasteiger partial charge in [0.25, 0.3) is 0 Å². The van der Waals surface area contributed by atoms with Gasteiger partial charge in [-0.3, -0.25) is 4.79 Å². The molecule has 2 N–H and O–H groups in total. The molecule has 1 amide bonds. The predicted octanol–water partition coefficient (Wildman–Crippen LogP) is 1.12. The van der Waals surface area contributed by atoms with Crippen LogP contribution in [0.2, 0.25) is 0 Å². The smallest absolute Gasteiger partial charge is 0.234 e. The largest absolute Gasteiger partial charge is 0.493 e. The minimum absolute atomic E-state index is 0.203. The van der Waals surface area contributed by atoms with Crippen molar-refractivity contribution < 1.29 is 19.4 Å². The van der Waals surface area contributed by atoms with Crippen LogP contribution < -0.4 is 14.8 Å². The van der Waals surface area contributed by atoms with Crippen LogP contribution in [0.25, 0.3) is 0 Å². The lowest BCUT2D eigenvalue weighted by Gasteiger charge is -2.14. The van der Waals surface area contributed by atoms with Crippen LogP contribution in [0.4, 0.5) is 5.69 Å². The number of fused-ring (bicyclic) bond motifs is 1. The third-order valence-corrected chi connectivity index (χ3v) is 2.91. The summed E-state index contributed by atoms with van der Waals surface area (Å²) >= 11 is 0. The van der Waals surface area contributed by atoms with Gasteiger partial charge in [0.05, 0.1) is 26.2 Å². The van der Waals surface area contributed by atoms with Gasteiger partial charge < -0.3 is 19.9 Å². The maximum Gasteiger partial charge on any atom is 0.234 e. The summed E-state index contributed by atoms with van der Waals surface area (Å²) in [5.74, 6) is 0.348. The first-order valence-electron chi connectivity index (χ1n) is 5.33. The highest BCUT2D eigenvalue weighted by Crippen LogP contribution is 2.41. The summed E-state index contributed by atoms with van der Waals surface area (Å²) < 4.78 is 10.3. The van der Waals surface area contributed by atoms with E-state index in [-0.39, 0.29) is 5.91 Å². The summed E-state index contributed by atoms with van der Waals surface area (Å²) in [6.45, 7) is 1.59. The van der Waals surface area contributed by atoms with Crippen molar-refractivity contribution >= 4 is 11.6 Å². The minimum atomic E-state index is -0.741. The fourth-order valence-electron chi connectivity index (χ4n) is 2.09. The van der Waals surface area contributed by atoms with Crippen molar-refractivity contribution in [2.75, 3.05) is 19.5 Å². The van der Waals surface area contributed by atoms with Crippen molar-refractivity contribution in [2.24, 2.45) is 0 Å². The van der Waals surface area contributed by atoms with E-state index in [1.165, 1.54) is 14.2 Å². The fourth-order valence-corrected chi connectivity index (χ4v) is 2.09. The highest BCUT2D eigenvalue weighted by Gasteiger charge is 2.35. The van der Waals surface area contributed by atoms with E-state index in [1.54, 1.807) is 19.1 Å². The average Bonchev–Trinajstić information content (AvgIpc) is 2.61. The van der Waals surface area contributed by atoms with Crippen molar-refractivity contribution in [3.63, 3.8) is 0 Å². The van der Waals surface area contributed by atoms with Gasteiger partial charge in [-0.1, -0.05) is 0 Å². The highest BCUT2D eigenvalue weighted by atomic mass is 16.5. The molecule has 0 saturated carbocycles. The summed E-state index contributed by atoms with van der Waals surface area (Å²) in [5, 5.41) is 12.3. The van der Waals surface area contributed by atoms with Gasteiger partial charge in [-0.15, -0.1) is 0 Å². The number of aliphatic hydroxyl groups excluding tert-OH is 1. The van der Waals surface area contributed by atoms with Gasteiger partial charge in [-0.05, 0) is 18.6 Å². The Morgan fingerprint density at radius 3 is 2.41 bits per heavy atom. The Bertz CT molecular complexity index is 456. The molecule has 0 radical (unpaired) electrons. The monoisotopic (exact) mass is 237 g/mol. The standard InChI is InChI=1S/C12H15NO4/c1-6(14)11-7-4-9(16-2)10(17-3)5-8(7)13-12(11)15/h4-6,11,14H,1-3H3,(H,13,15). The molecule has 0 aliphatic carbocycles. The van der Waals surface area contributed by atoms with Crippen LogP contribution in [-0.4, -0.2) is 31.3 Å². The van der Waals surface area contributed by atoms with E-state index >= 15 is 0 Å². The number of benzene rings is 1. The third kappa shape index (κ3) is 1.82. The van der Waals surface area contributed by atoms with Gasteiger partial charge in [0.1, 0.15) is 0 Å². The van der Waals surface area contributed by atoms with Gasteiger partial charge >= 0.3 is 0 Å². The van der Waals surface area contributed by atoms with Crippen molar-refractivity contribution in [2.45, 2.75) is 18.9 Å². The molecule has 2 rings (SSSR count). The van der Waals surface area contributed by atoms with E-state index in [0.29, 0.717) is 17.2 Å². The van der Waals surface area contributed by atoms with Crippen molar-refractivity contribution in [3.05, 3.63) is 17.7 Å². The average molecular weight is 237 g/mol. The second kappa shape index (κ2) is 4.25. The van der Waals surface area contributed by atoms with Crippen LogP contribution >= 0.6 is 0 Å². The van der Waals surface area contributed by atoms with Crippen LogP contribution in [0.5, 0.6) is 11.5 Å². The Morgan fingerprint density at radius 1 is 1.29 bits per heavy atom. The van der Waals surface area contributed by atoms with Crippen molar-refractivity contribution in [1.82, 2.24) is 0 Å². The Balaban J connectivity index is 2.52. The number of aliphatic hydroxyl groups is 1. The molecule has 5 nitrogen and oxygen atoms in total. The summed E-state index contributed by atoms with van der Waals surface area (Å²) in [4.78, 5) is 11.7. The molecule has 17 heavy (non-hydrogen) atoms. The molecule has 1 aliphatic rings. The quantitative estimate of drug-likeness (QED) is 0.826. The van der Waals surface area contributed by atoms with E-state index in [9.17, 15) is 9.90 Å². The van der Waals surface area contributed by atoms with E-state index < -0.39 is 12.0 Å². The van der Waals surface area contributed by atoms with E-state index in [1.807, 2.05) is 0 Å². The summed E-state index contributed by atoms with van der Waals surface area (Å²) in [7, 11) is 3.07. The lowest BCUT2D eigenvalue weighted by atomic mass is 9.95. The summed E-state index contributed by atoms with van der Waals surface area (Å²) in [5.41, 5.74) is 1.40. The first kappa shape index (κ1) is 11.7. The van der Waals surface area contributed by atoms with Gasteiger partial charge in [-0.2, -0.15) is 0 Å². The second-order valence-corrected chi connectivity index (χ2v) is 4.00. The zero-order chi connectivity index (χ0) is 12.6. The SMILES string of the molecule is COc1cc2c(cc1OC)C(C(C)O)C(=O)N2. The van der Waals surface area contributed by atoms with Crippen LogP contribution in [0.1, 0.15) is 18.4 Å². The lowest BCUT2D eigenvalue weighted by molar-refractivity contribution is -0.119. The number of anilines is 1. The molecule has 0 fully saturated rings. The zero-order valence-corrected chi connectivity index (χ0v) is 9.98. The van der Waals surface area contributed by atoms with E-state index in [4.69, 9.17) is 9.47 Å². The van der Waals surface area contributed by atoms with Crippen LogP contribution in [0, 0.1) is 0 Å². The minimum Gasteiger partial charge on any atom is -0.493 e. The molecule has 0 saturated heterocycles. The van der Waals surface area contributed by atoms with Gasteiger partial charge in [0, 0.05) is 11.8 Å². The number of ether oxygens (including phenoxy) is 2. The topological polar surface area (TPSA) is 67.8 Å². The molecule has 0 aromatic heterocycles. The van der Waals surface area contributed by atoms with Crippen molar-refractivity contribution in [3.8, 4) is 11.5 Å². The van der Waals surface area contributed by atoms with E-state index in [2.05, 4.69) is 5.32 Å². The molecule has 2 atom stereocenters. The molecule has 92 valence electrons. The number of rotatable bonds is 3. The maximum atomic E-state index is 11.7. The van der Waals surface area contributed by atoms with Crippen molar-refractivity contribution in [1.29, 1.82) is 0 Å². The maximum absolute atomic E-state index is 11.7. The second-order valence-electron chi connectivity index (χ2n) is 4.00. The summed E-state index contributed by atoms with van der Waals surface area (Å²) in [6.07, 6.45) is -0.741. The third-order valence-electron chi connectivity index (χ3n) is 2.91. The van der Waals surface area contributed by atoms with E-state index in [0.717, 1.165) is 5.56 Å². The molecule has 0 bridgehead atoms. The Kier molecular flexibility index (Phi) is 2.93.